The molecule has 2 aromatic rings. The van der Waals surface area contributed by atoms with Gasteiger partial charge in [0.1, 0.15) is 23.4 Å². The van der Waals surface area contributed by atoms with E-state index in [0.29, 0.717) is 23.7 Å². The maximum Gasteiger partial charge on any atom is 0.150 e. The van der Waals surface area contributed by atoms with Crippen molar-refractivity contribution < 1.29 is 19.3 Å². The Hall–Kier alpha value is -2.20. The molecule has 1 aliphatic heterocycles. The molecule has 0 aromatic heterocycles. The number of methoxy groups -OCH3 is 2. The van der Waals surface area contributed by atoms with Crippen LogP contribution in [0.3, 0.4) is 0 Å². The van der Waals surface area contributed by atoms with Crippen molar-refractivity contribution in [2.24, 2.45) is 0 Å². The van der Waals surface area contributed by atoms with Crippen LogP contribution in [-0.4, -0.2) is 25.4 Å². The highest BCUT2D eigenvalue weighted by Gasteiger charge is 2.32. The van der Waals surface area contributed by atoms with Gasteiger partial charge in [0.2, 0.25) is 0 Å². The molecule has 0 amide bonds. The number of hydrogen-bond acceptors (Lipinski definition) is 4. The van der Waals surface area contributed by atoms with Crippen molar-refractivity contribution in [2.75, 3.05) is 14.2 Å². The Kier molecular flexibility index (Phi) is 3.71. The summed E-state index contributed by atoms with van der Waals surface area (Å²) in [6.45, 7) is 0. The summed E-state index contributed by atoms with van der Waals surface area (Å²) in [4.78, 5) is 0. The zero-order chi connectivity index (χ0) is 14.8. The normalized spacial score (nSPS) is 20.3. The van der Waals surface area contributed by atoms with E-state index in [1.165, 1.54) is 0 Å². The molecule has 0 fully saturated rings. The molecule has 0 saturated heterocycles. The number of benzene rings is 2. The summed E-state index contributed by atoms with van der Waals surface area (Å²) in [5.74, 6) is 2.05. The molecule has 4 nitrogen and oxygen atoms in total. The molecule has 2 atom stereocenters. The summed E-state index contributed by atoms with van der Waals surface area (Å²) in [7, 11) is 3.21. The van der Waals surface area contributed by atoms with Crippen LogP contribution >= 0.6 is 0 Å². The lowest BCUT2D eigenvalue weighted by molar-refractivity contribution is 0.0198. The summed E-state index contributed by atoms with van der Waals surface area (Å²) >= 11 is 0. The smallest absolute Gasteiger partial charge is 0.150 e. The highest BCUT2D eigenvalue weighted by atomic mass is 16.5. The Bertz CT molecular complexity index is 624. The Morgan fingerprint density at radius 3 is 2.52 bits per heavy atom. The molecule has 0 saturated carbocycles. The first-order valence-electron chi connectivity index (χ1n) is 6.87. The van der Waals surface area contributed by atoms with Crippen LogP contribution in [0.2, 0.25) is 0 Å². The third-order valence-corrected chi connectivity index (χ3v) is 3.74. The van der Waals surface area contributed by atoms with Gasteiger partial charge in [-0.1, -0.05) is 30.3 Å². The minimum atomic E-state index is -0.609. The highest BCUT2D eigenvalue weighted by Crippen LogP contribution is 2.42. The van der Waals surface area contributed by atoms with Gasteiger partial charge < -0.3 is 19.3 Å². The molecule has 1 heterocycles. The molecule has 0 unspecified atom stereocenters. The van der Waals surface area contributed by atoms with Gasteiger partial charge in [-0.2, -0.15) is 0 Å². The van der Waals surface area contributed by atoms with Crippen LogP contribution in [0.4, 0.5) is 0 Å². The third kappa shape index (κ3) is 2.54. The minimum Gasteiger partial charge on any atom is -0.496 e. The second-order valence-corrected chi connectivity index (χ2v) is 5.03. The minimum absolute atomic E-state index is 0.379. The van der Waals surface area contributed by atoms with E-state index < -0.39 is 6.10 Å². The van der Waals surface area contributed by atoms with Gasteiger partial charge in [0.05, 0.1) is 20.3 Å². The zero-order valence-corrected chi connectivity index (χ0v) is 12.1. The quantitative estimate of drug-likeness (QED) is 0.942. The fourth-order valence-electron chi connectivity index (χ4n) is 2.67. The van der Waals surface area contributed by atoms with Gasteiger partial charge in [-0.15, -0.1) is 0 Å². The lowest BCUT2D eigenvalue weighted by atomic mass is 9.94. The summed E-state index contributed by atoms with van der Waals surface area (Å²) in [5, 5.41) is 10.4. The Labute approximate surface area is 123 Å². The molecule has 0 aliphatic carbocycles. The largest absolute Gasteiger partial charge is 0.496 e. The van der Waals surface area contributed by atoms with Crippen LogP contribution in [-0.2, 0) is 6.42 Å². The maximum atomic E-state index is 10.4. The number of aliphatic hydroxyl groups excluding tert-OH is 1. The summed E-state index contributed by atoms with van der Waals surface area (Å²) in [6, 6.07) is 13.4. The highest BCUT2D eigenvalue weighted by molar-refractivity contribution is 5.52. The molecular weight excluding hydrogens is 268 g/mol. The van der Waals surface area contributed by atoms with Crippen molar-refractivity contribution in [1.82, 2.24) is 0 Å². The van der Waals surface area contributed by atoms with Crippen LogP contribution in [0.15, 0.2) is 42.5 Å². The molecule has 2 aromatic carbocycles. The standard InChI is InChI=1S/C17H18O4/c1-19-12-8-15(20-2)13-10-14(18)17(21-16(13)9-12)11-6-4-3-5-7-11/h3-9,14,17-18H,10H2,1-2H3/t14-,17+/m0/s1. The topological polar surface area (TPSA) is 47.9 Å². The van der Waals surface area contributed by atoms with E-state index >= 15 is 0 Å². The average molecular weight is 286 g/mol. The van der Waals surface area contributed by atoms with Gasteiger partial charge >= 0.3 is 0 Å². The van der Waals surface area contributed by atoms with E-state index in [1.807, 2.05) is 36.4 Å². The Balaban J connectivity index is 2.00. The lowest BCUT2D eigenvalue weighted by Gasteiger charge is -2.32. The molecule has 0 bridgehead atoms. The van der Waals surface area contributed by atoms with Gasteiger partial charge in [-0.25, -0.2) is 0 Å². The third-order valence-electron chi connectivity index (χ3n) is 3.74. The van der Waals surface area contributed by atoms with E-state index in [9.17, 15) is 5.11 Å². The Morgan fingerprint density at radius 1 is 1.10 bits per heavy atom. The fourth-order valence-corrected chi connectivity index (χ4v) is 2.67. The number of aliphatic hydroxyl groups is 1. The summed E-state index contributed by atoms with van der Waals surface area (Å²) in [6.07, 6.45) is -0.500. The van der Waals surface area contributed by atoms with Crippen molar-refractivity contribution in [3.05, 3.63) is 53.6 Å². The van der Waals surface area contributed by atoms with Crippen molar-refractivity contribution in [3.8, 4) is 17.2 Å². The van der Waals surface area contributed by atoms with Crippen LogP contribution < -0.4 is 14.2 Å². The van der Waals surface area contributed by atoms with Crippen molar-refractivity contribution in [1.29, 1.82) is 0 Å². The van der Waals surface area contributed by atoms with Crippen LogP contribution in [0.25, 0.3) is 0 Å². The zero-order valence-electron chi connectivity index (χ0n) is 12.1. The number of hydrogen-bond donors (Lipinski definition) is 1. The number of rotatable bonds is 3. The number of ether oxygens (including phenoxy) is 3. The predicted octanol–water partition coefficient (Wildman–Crippen LogP) is 2.74. The van der Waals surface area contributed by atoms with E-state index in [1.54, 1.807) is 20.3 Å². The molecule has 3 rings (SSSR count). The van der Waals surface area contributed by atoms with Gasteiger partial charge in [-0.05, 0) is 5.56 Å². The molecular formula is C17H18O4. The van der Waals surface area contributed by atoms with Crippen molar-refractivity contribution in [2.45, 2.75) is 18.6 Å². The molecule has 110 valence electrons. The summed E-state index contributed by atoms with van der Waals surface area (Å²) < 4.78 is 16.6. The molecule has 0 spiro atoms. The number of fused-ring (bicyclic) bond motifs is 1. The van der Waals surface area contributed by atoms with E-state index in [-0.39, 0.29) is 6.10 Å². The molecule has 4 heteroatoms. The second-order valence-electron chi connectivity index (χ2n) is 5.03. The van der Waals surface area contributed by atoms with Gasteiger partial charge in [-0.3, -0.25) is 0 Å². The van der Waals surface area contributed by atoms with Crippen molar-refractivity contribution >= 4 is 0 Å². The maximum absolute atomic E-state index is 10.4. The first-order valence-corrected chi connectivity index (χ1v) is 6.87. The monoisotopic (exact) mass is 286 g/mol. The lowest BCUT2D eigenvalue weighted by Crippen LogP contribution is -2.30. The first-order chi connectivity index (χ1) is 10.2. The van der Waals surface area contributed by atoms with Gasteiger partial charge in [0.15, 0.2) is 0 Å². The second kappa shape index (κ2) is 5.66. The molecule has 21 heavy (non-hydrogen) atoms. The van der Waals surface area contributed by atoms with E-state index in [4.69, 9.17) is 14.2 Å². The average Bonchev–Trinajstić information content (AvgIpc) is 2.54. The van der Waals surface area contributed by atoms with Gasteiger partial charge in [0.25, 0.3) is 0 Å². The molecule has 1 aliphatic rings. The van der Waals surface area contributed by atoms with E-state index in [0.717, 1.165) is 11.1 Å². The van der Waals surface area contributed by atoms with Crippen LogP contribution in [0, 0.1) is 0 Å². The van der Waals surface area contributed by atoms with Crippen molar-refractivity contribution in [3.63, 3.8) is 0 Å². The van der Waals surface area contributed by atoms with E-state index in [2.05, 4.69) is 0 Å². The first kappa shape index (κ1) is 13.8. The molecule has 0 radical (unpaired) electrons. The SMILES string of the molecule is COc1cc(OC)c2c(c1)O[C@H](c1ccccc1)[C@@H](O)C2. The van der Waals surface area contributed by atoms with Crippen LogP contribution in [0.1, 0.15) is 17.2 Å². The van der Waals surface area contributed by atoms with Gasteiger partial charge in [0, 0.05) is 24.1 Å². The van der Waals surface area contributed by atoms with Crippen LogP contribution in [0.5, 0.6) is 17.2 Å². The fraction of sp³-hybridized carbons (Fsp3) is 0.294. The Morgan fingerprint density at radius 2 is 1.86 bits per heavy atom. The summed E-state index contributed by atoms with van der Waals surface area (Å²) in [5.41, 5.74) is 1.83. The predicted molar refractivity (Wildman–Crippen MR) is 79.1 cm³/mol. The molecule has 1 N–H and O–H groups in total.